The van der Waals surface area contributed by atoms with Crippen LogP contribution in [0.3, 0.4) is 0 Å². The van der Waals surface area contributed by atoms with Crippen LogP contribution in [0, 0.1) is 0 Å². The van der Waals surface area contributed by atoms with Gasteiger partial charge in [0, 0.05) is 17.7 Å². The fourth-order valence-corrected chi connectivity index (χ4v) is 6.46. The number of amides is 1. The number of benzene rings is 1. The van der Waals surface area contributed by atoms with E-state index in [0.29, 0.717) is 33.1 Å². The fraction of sp³-hybridized carbons (Fsp3) is 0.444. The summed E-state index contributed by atoms with van der Waals surface area (Å²) in [7, 11) is 0. The zero-order chi connectivity index (χ0) is 24.4. The van der Waals surface area contributed by atoms with E-state index in [-0.39, 0.29) is 17.5 Å². The first kappa shape index (κ1) is 24.2. The minimum Gasteiger partial charge on any atom is -0.478 e. The first-order valence-corrected chi connectivity index (χ1v) is 13.6. The Bertz CT molecular complexity index is 1180. The Hall–Kier alpha value is -2.51. The van der Waals surface area contributed by atoms with Crippen molar-refractivity contribution in [1.82, 2.24) is 4.90 Å². The molecule has 2 saturated carbocycles. The van der Waals surface area contributed by atoms with Crippen molar-refractivity contribution in [1.29, 1.82) is 0 Å². The molecular weight excluding hydrogens is 484 g/mol. The molecule has 0 bridgehead atoms. The van der Waals surface area contributed by atoms with Crippen molar-refractivity contribution in [2.24, 2.45) is 4.99 Å². The Kier molecular flexibility index (Phi) is 7.35. The molecule has 0 unspecified atom stereocenters. The topological polar surface area (TPSA) is 83.1 Å². The van der Waals surface area contributed by atoms with Crippen molar-refractivity contribution < 1.29 is 19.1 Å². The number of carboxylic acids is 1. The summed E-state index contributed by atoms with van der Waals surface area (Å²) in [4.78, 5) is 32.5. The molecule has 0 spiro atoms. The number of carbonyl (C=O) groups is 2. The van der Waals surface area contributed by atoms with E-state index in [0.717, 1.165) is 43.7 Å². The van der Waals surface area contributed by atoms with Crippen LogP contribution < -0.4 is 0 Å². The second kappa shape index (κ2) is 10.6. The Morgan fingerprint density at radius 3 is 2.49 bits per heavy atom. The first-order chi connectivity index (χ1) is 17.0. The van der Waals surface area contributed by atoms with Crippen LogP contribution in [0.1, 0.15) is 80.3 Å². The van der Waals surface area contributed by atoms with Crippen molar-refractivity contribution in [2.45, 2.75) is 76.3 Å². The van der Waals surface area contributed by atoms with Crippen LogP contribution in [0.4, 0.5) is 0 Å². The van der Waals surface area contributed by atoms with E-state index in [1.807, 2.05) is 4.90 Å². The van der Waals surface area contributed by atoms with Gasteiger partial charge in [0.15, 0.2) is 5.17 Å². The van der Waals surface area contributed by atoms with Crippen LogP contribution in [0.25, 0.3) is 17.4 Å². The molecule has 5 rings (SSSR count). The van der Waals surface area contributed by atoms with E-state index >= 15 is 0 Å². The molecule has 1 aromatic carbocycles. The minimum absolute atomic E-state index is 0.000293. The van der Waals surface area contributed by atoms with Crippen LogP contribution in [0.5, 0.6) is 0 Å². The molecule has 1 aliphatic heterocycles. The van der Waals surface area contributed by atoms with Crippen LogP contribution >= 0.6 is 23.4 Å². The summed E-state index contributed by atoms with van der Waals surface area (Å²) in [6.07, 6.45) is 13.2. The molecule has 1 aromatic heterocycles. The van der Waals surface area contributed by atoms with Crippen molar-refractivity contribution in [2.75, 3.05) is 0 Å². The third kappa shape index (κ3) is 5.36. The van der Waals surface area contributed by atoms with Crippen LogP contribution in [-0.4, -0.2) is 39.1 Å². The van der Waals surface area contributed by atoms with Crippen LogP contribution in [0.15, 0.2) is 44.6 Å². The molecule has 8 heteroatoms. The molecule has 35 heavy (non-hydrogen) atoms. The molecule has 1 amide bonds. The lowest BCUT2D eigenvalue weighted by atomic mass is 9.94. The standard InChI is InChI=1S/C27H29ClN2O4S/c28-22-13-11-17(26(32)33)15-21(22)23-14-12-20(34-23)16-24-25(31)30(19-9-5-2-6-10-19)27(35-24)29-18-7-3-1-4-8-18/h11-16,18-19H,1-10H2,(H,32,33). The Morgan fingerprint density at radius 2 is 1.77 bits per heavy atom. The summed E-state index contributed by atoms with van der Waals surface area (Å²) in [5.74, 6) is -0.0477. The van der Waals surface area contributed by atoms with Gasteiger partial charge < -0.3 is 9.52 Å². The number of furan rings is 1. The highest BCUT2D eigenvalue weighted by molar-refractivity contribution is 8.18. The normalized spacial score (nSPS) is 22.4. The predicted octanol–water partition coefficient (Wildman–Crippen LogP) is 7.24. The van der Waals surface area contributed by atoms with Crippen molar-refractivity contribution in [3.63, 3.8) is 0 Å². The number of carboxylic acid groups (broad SMARTS) is 1. The molecule has 3 aliphatic rings. The summed E-state index contributed by atoms with van der Waals surface area (Å²) < 4.78 is 5.98. The van der Waals surface area contributed by atoms with Gasteiger partial charge in [-0.3, -0.25) is 14.7 Å². The molecule has 3 fully saturated rings. The highest BCUT2D eigenvalue weighted by Crippen LogP contribution is 2.39. The van der Waals surface area contributed by atoms with Gasteiger partial charge in [-0.25, -0.2) is 4.79 Å². The number of nitrogens with zero attached hydrogens (tertiary/aromatic N) is 2. The molecule has 0 radical (unpaired) electrons. The molecule has 6 nitrogen and oxygen atoms in total. The van der Waals surface area contributed by atoms with E-state index in [9.17, 15) is 14.7 Å². The third-order valence-electron chi connectivity index (χ3n) is 7.02. The largest absolute Gasteiger partial charge is 0.478 e. The summed E-state index contributed by atoms with van der Waals surface area (Å²) in [6.45, 7) is 0. The lowest BCUT2D eigenvalue weighted by Crippen LogP contribution is -2.41. The Balaban J connectivity index is 1.43. The third-order valence-corrected chi connectivity index (χ3v) is 8.35. The summed E-state index contributed by atoms with van der Waals surface area (Å²) in [6, 6.07) is 8.54. The van der Waals surface area contributed by atoms with Crippen molar-refractivity contribution >= 4 is 46.5 Å². The highest BCUT2D eigenvalue weighted by Gasteiger charge is 2.39. The average molecular weight is 513 g/mol. The molecule has 2 aliphatic carbocycles. The van der Waals surface area contributed by atoms with Gasteiger partial charge in [0.25, 0.3) is 5.91 Å². The summed E-state index contributed by atoms with van der Waals surface area (Å²) in [5, 5.41) is 10.5. The van der Waals surface area contributed by atoms with Gasteiger partial charge in [-0.2, -0.15) is 0 Å². The van der Waals surface area contributed by atoms with Gasteiger partial charge in [0.1, 0.15) is 11.5 Å². The van der Waals surface area contributed by atoms with Crippen molar-refractivity contribution in [3.05, 3.63) is 51.6 Å². The predicted molar refractivity (Wildman–Crippen MR) is 140 cm³/mol. The number of aliphatic imine (C=N–C) groups is 1. The lowest BCUT2D eigenvalue weighted by molar-refractivity contribution is -0.124. The van der Waals surface area contributed by atoms with Gasteiger partial charge in [-0.15, -0.1) is 0 Å². The van der Waals surface area contributed by atoms with E-state index < -0.39 is 5.97 Å². The average Bonchev–Trinajstić information content (AvgIpc) is 3.45. The number of thioether (sulfide) groups is 1. The molecule has 2 aromatic rings. The lowest BCUT2D eigenvalue weighted by Gasteiger charge is -2.31. The van der Waals surface area contributed by atoms with Crippen LogP contribution in [0.2, 0.25) is 5.02 Å². The first-order valence-electron chi connectivity index (χ1n) is 12.4. The van der Waals surface area contributed by atoms with E-state index in [1.54, 1.807) is 24.3 Å². The van der Waals surface area contributed by atoms with Gasteiger partial charge >= 0.3 is 5.97 Å². The maximum atomic E-state index is 13.5. The maximum absolute atomic E-state index is 13.5. The molecular formula is C27H29ClN2O4S. The number of rotatable bonds is 5. The van der Waals surface area contributed by atoms with Gasteiger partial charge in [0.2, 0.25) is 0 Å². The van der Waals surface area contributed by atoms with Gasteiger partial charge in [0.05, 0.1) is 21.5 Å². The second-order valence-electron chi connectivity index (χ2n) is 9.48. The summed E-state index contributed by atoms with van der Waals surface area (Å²) >= 11 is 7.75. The number of hydrogen-bond acceptors (Lipinski definition) is 5. The van der Waals surface area contributed by atoms with E-state index in [2.05, 4.69) is 0 Å². The van der Waals surface area contributed by atoms with E-state index in [1.165, 1.54) is 49.6 Å². The maximum Gasteiger partial charge on any atom is 0.335 e. The Morgan fingerprint density at radius 1 is 1.06 bits per heavy atom. The minimum atomic E-state index is -1.03. The zero-order valence-electron chi connectivity index (χ0n) is 19.5. The van der Waals surface area contributed by atoms with E-state index in [4.69, 9.17) is 21.0 Å². The van der Waals surface area contributed by atoms with Gasteiger partial charge in [-0.1, -0.05) is 50.1 Å². The smallest absolute Gasteiger partial charge is 0.335 e. The number of carbonyl (C=O) groups excluding carboxylic acids is 1. The molecule has 184 valence electrons. The Labute approximate surface area is 214 Å². The number of halogens is 1. The zero-order valence-corrected chi connectivity index (χ0v) is 21.1. The quantitative estimate of drug-likeness (QED) is 0.427. The van der Waals surface area contributed by atoms with Crippen molar-refractivity contribution in [3.8, 4) is 11.3 Å². The SMILES string of the molecule is O=C(O)c1ccc(Cl)c(-c2ccc(C=C3SC(=NC4CCCCC4)N(C4CCCCC4)C3=O)o2)c1. The molecule has 2 heterocycles. The fourth-order valence-electron chi connectivity index (χ4n) is 5.16. The van der Waals surface area contributed by atoms with Crippen LogP contribution in [-0.2, 0) is 4.79 Å². The molecule has 1 N–H and O–H groups in total. The molecule has 0 atom stereocenters. The summed E-state index contributed by atoms with van der Waals surface area (Å²) in [5.41, 5.74) is 0.638. The number of aromatic carboxylic acids is 1. The highest BCUT2D eigenvalue weighted by atomic mass is 35.5. The number of hydrogen-bond donors (Lipinski definition) is 1. The van der Waals surface area contributed by atoms with Gasteiger partial charge in [-0.05, 0) is 67.8 Å². The molecule has 1 saturated heterocycles. The second-order valence-corrected chi connectivity index (χ2v) is 10.9. The monoisotopic (exact) mass is 512 g/mol. The number of amidine groups is 1.